The van der Waals surface area contributed by atoms with E-state index in [4.69, 9.17) is 9.73 Å². The van der Waals surface area contributed by atoms with Crippen LogP contribution >= 0.6 is 11.3 Å². The molecule has 8 unspecified atom stereocenters. The number of hydrogen-bond donors (Lipinski definition) is 5. The van der Waals surface area contributed by atoms with Crippen molar-refractivity contribution in [1.29, 1.82) is 0 Å². The number of aliphatic imine (C=N–C) groups is 1. The Morgan fingerprint density at radius 1 is 0.948 bits per heavy atom. The number of benzene rings is 1. The van der Waals surface area contributed by atoms with Crippen molar-refractivity contribution in [1.82, 2.24) is 36.5 Å². The maximum Gasteiger partial charge on any atom is 0.308 e. The van der Waals surface area contributed by atoms with Crippen molar-refractivity contribution in [3.63, 3.8) is 0 Å². The minimum atomic E-state index is -1.11. The molecule has 318 valence electrons. The normalized spacial score (nSPS) is 24.3. The minimum Gasteiger partial charge on any atom is -0.469 e. The van der Waals surface area contributed by atoms with Crippen LogP contribution in [0.2, 0.25) is 0 Å². The Bertz CT molecular complexity index is 1800. The van der Waals surface area contributed by atoms with Crippen molar-refractivity contribution in [2.75, 3.05) is 20.2 Å². The van der Waals surface area contributed by atoms with Gasteiger partial charge in [0.15, 0.2) is 0 Å². The van der Waals surface area contributed by atoms with Crippen LogP contribution in [0, 0.1) is 22.7 Å². The third kappa shape index (κ3) is 11.4. The molecule has 0 aliphatic carbocycles. The molecule has 0 spiro atoms. The van der Waals surface area contributed by atoms with E-state index >= 15 is 0 Å². The molecule has 3 heterocycles. The fraction of sp³-hybridized carbons (Fsp3) is 0.619. The Morgan fingerprint density at radius 2 is 1.60 bits per heavy atom. The number of nitrogens with zero attached hydrogens (tertiary/aromatic N) is 3. The number of esters is 1. The number of amides is 5. The van der Waals surface area contributed by atoms with Crippen LogP contribution in [0.1, 0.15) is 105 Å². The lowest BCUT2D eigenvalue weighted by Gasteiger charge is -2.41. The van der Waals surface area contributed by atoms with Crippen molar-refractivity contribution in [2.24, 2.45) is 27.7 Å². The summed E-state index contributed by atoms with van der Waals surface area (Å²) in [5, 5.41) is 17.5. The van der Waals surface area contributed by atoms with Crippen LogP contribution in [0.25, 0.3) is 0 Å². The van der Waals surface area contributed by atoms with E-state index in [0.29, 0.717) is 18.0 Å². The number of ether oxygens (including phenoxy) is 1. The summed E-state index contributed by atoms with van der Waals surface area (Å²) in [6.07, 6.45) is 2.03. The Balaban J connectivity index is 1.75. The minimum absolute atomic E-state index is 0.136. The number of nitrogens with one attached hydrogen (secondary N) is 5. The predicted molar refractivity (Wildman–Crippen MR) is 223 cm³/mol. The van der Waals surface area contributed by atoms with Gasteiger partial charge in [-0.2, -0.15) is 0 Å². The van der Waals surface area contributed by atoms with E-state index in [2.05, 4.69) is 31.6 Å². The fourth-order valence-corrected chi connectivity index (χ4v) is 8.03. The van der Waals surface area contributed by atoms with Gasteiger partial charge in [-0.05, 0) is 34.7 Å². The molecule has 5 N–H and O–H groups in total. The molecular weight excluding hydrogens is 761 g/mol. The molecular formula is C42H62N8O7S. The highest BCUT2D eigenvalue weighted by Gasteiger charge is 2.47. The van der Waals surface area contributed by atoms with Crippen molar-refractivity contribution >= 4 is 52.7 Å². The van der Waals surface area contributed by atoms with Crippen LogP contribution in [0.5, 0.6) is 0 Å². The molecule has 0 saturated carbocycles. The van der Waals surface area contributed by atoms with E-state index < -0.39 is 83.2 Å². The molecule has 2 fully saturated rings. The molecule has 5 amide bonds. The topological polar surface area (TPSA) is 200 Å². The Hall–Kier alpha value is -4.86. The number of thiazole rings is 1. The summed E-state index contributed by atoms with van der Waals surface area (Å²) in [5.41, 5.74) is -0.605. The highest BCUT2D eigenvalue weighted by Crippen LogP contribution is 2.31. The molecule has 58 heavy (non-hydrogen) atoms. The van der Waals surface area contributed by atoms with Gasteiger partial charge in [-0.15, -0.1) is 11.3 Å². The largest absolute Gasteiger partial charge is 0.469 e. The van der Waals surface area contributed by atoms with E-state index in [1.807, 2.05) is 99.6 Å². The number of carbonyl (C=O) groups is 6. The molecule has 2 aliphatic rings. The van der Waals surface area contributed by atoms with Crippen molar-refractivity contribution in [3.8, 4) is 0 Å². The van der Waals surface area contributed by atoms with Crippen LogP contribution < -0.4 is 26.6 Å². The van der Waals surface area contributed by atoms with Gasteiger partial charge in [0, 0.05) is 24.0 Å². The summed E-state index contributed by atoms with van der Waals surface area (Å²) in [4.78, 5) is 93.8. The first-order valence-corrected chi connectivity index (χ1v) is 20.8. The Morgan fingerprint density at radius 3 is 2.17 bits per heavy atom. The number of aromatic nitrogens is 1. The second-order valence-electron chi connectivity index (χ2n) is 17.9. The molecule has 0 radical (unpaired) electrons. The number of hydrogen-bond acceptors (Lipinski definition) is 10. The van der Waals surface area contributed by atoms with Gasteiger partial charge in [-0.25, -0.2) is 4.98 Å². The Labute approximate surface area is 346 Å². The summed E-state index contributed by atoms with van der Waals surface area (Å²) < 4.78 is 4.89. The van der Waals surface area contributed by atoms with Crippen LogP contribution in [-0.4, -0.2) is 102 Å². The average Bonchev–Trinajstić information content (AvgIpc) is 3.83. The quantitative estimate of drug-likeness (QED) is 0.211. The van der Waals surface area contributed by atoms with Gasteiger partial charge in [0.2, 0.25) is 29.5 Å². The summed E-state index contributed by atoms with van der Waals surface area (Å²) in [7, 11) is 1.27. The number of carbonyl (C=O) groups excluding carboxylic acids is 6. The van der Waals surface area contributed by atoms with Crippen molar-refractivity contribution in [3.05, 3.63) is 52.5 Å². The second-order valence-corrected chi connectivity index (χ2v) is 18.8. The molecule has 15 nitrogen and oxygen atoms in total. The van der Waals surface area contributed by atoms with E-state index in [1.165, 1.54) is 18.4 Å². The zero-order valence-electron chi connectivity index (χ0n) is 35.7. The Kier molecular flexibility index (Phi) is 15.2. The van der Waals surface area contributed by atoms with Crippen LogP contribution in [0.15, 0.2) is 46.9 Å². The van der Waals surface area contributed by atoms with E-state index in [1.54, 1.807) is 16.5 Å². The number of fused-ring (bicyclic) bond motifs is 1. The van der Waals surface area contributed by atoms with Gasteiger partial charge in [-0.1, -0.05) is 99.6 Å². The van der Waals surface area contributed by atoms with E-state index in [0.717, 1.165) is 5.56 Å². The van der Waals surface area contributed by atoms with Gasteiger partial charge in [0.25, 0.3) is 0 Å². The standard InChI is InChI=1S/C42H62N8O7S/c1-23(2)30-36(53)49-33(41(5,6)7)35(48-34(42(8,9)10)40(56)50-19-17-24(3)32(50)38(55)47-30)44-22-28(51)46-31(25(4)26-15-13-12-14-16-26)37(54)45-27(21-29(52)57-11)39-43-18-20-58-39/h12-16,18,20,23-25,27,30-34H,17,19,21-22H2,1-11H3,(H,44,48)(H,45,54)(H,46,51)(H,47,55)(H,49,53). The molecule has 0 bridgehead atoms. The van der Waals surface area contributed by atoms with Crippen LogP contribution in [-0.2, 0) is 33.5 Å². The predicted octanol–water partition coefficient (Wildman–Crippen LogP) is 3.48. The molecule has 2 aromatic rings. The van der Waals surface area contributed by atoms with Gasteiger partial charge in [0.1, 0.15) is 41.6 Å². The van der Waals surface area contributed by atoms with E-state index in [9.17, 15) is 28.8 Å². The zero-order valence-corrected chi connectivity index (χ0v) is 36.5. The second kappa shape index (κ2) is 19.3. The lowest BCUT2D eigenvalue weighted by Crippen LogP contribution is -2.66. The lowest BCUT2D eigenvalue weighted by atomic mass is 9.82. The maximum absolute atomic E-state index is 14.6. The van der Waals surface area contributed by atoms with Gasteiger partial charge < -0.3 is 36.2 Å². The fourth-order valence-electron chi connectivity index (χ4n) is 7.34. The monoisotopic (exact) mass is 822 g/mol. The van der Waals surface area contributed by atoms with Gasteiger partial charge in [-0.3, -0.25) is 33.8 Å². The third-order valence-corrected chi connectivity index (χ3v) is 11.7. The maximum atomic E-state index is 14.6. The number of rotatable bonds is 11. The molecule has 8 atom stereocenters. The highest BCUT2D eigenvalue weighted by molar-refractivity contribution is 7.09. The molecule has 2 saturated heterocycles. The summed E-state index contributed by atoms with van der Waals surface area (Å²) in [5.74, 6) is -3.49. The first-order valence-electron chi connectivity index (χ1n) is 20.0. The third-order valence-electron chi connectivity index (χ3n) is 10.8. The molecule has 4 rings (SSSR count). The molecule has 1 aromatic carbocycles. The first-order chi connectivity index (χ1) is 27.1. The lowest BCUT2D eigenvalue weighted by molar-refractivity contribution is -0.143. The summed E-state index contributed by atoms with van der Waals surface area (Å²) in [6, 6.07) is 3.94. The van der Waals surface area contributed by atoms with Gasteiger partial charge >= 0.3 is 5.97 Å². The smallest absolute Gasteiger partial charge is 0.308 e. The summed E-state index contributed by atoms with van der Waals surface area (Å²) >= 11 is 1.28. The molecule has 16 heteroatoms. The first kappa shape index (κ1) is 45.8. The van der Waals surface area contributed by atoms with Crippen LogP contribution in [0.3, 0.4) is 0 Å². The van der Waals surface area contributed by atoms with Crippen molar-refractivity contribution in [2.45, 2.75) is 124 Å². The molecule has 2 aliphatic heterocycles. The average molecular weight is 823 g/mol. The zero-order chi connectivity index (χ0) is 43.1. The highest BCUT2D eigenvalue weighted by atomic mass is 32.1. The number of amidine groups is 1. The van der Waals surface area contributed by atoms with Crippen molar-refractivity contribution < 1.29 is 33.5 Å². The molecule has 1 aromatic heterocycles. The summed E-state index contributed by atoms with van der Waals surface area (Å²) in [6.45, 7) is 18.8. The van der Waals surface area contributed by atoms with Gasteiger partial charge in [0.05, 0.1) is 25.6 Å². The number of methoxy groups -OCH3 is 1. The SMILES string of the molecule is COC(=O)CC(NC(=O)C(NC(=O)CN=C1NC(C(C)(C)C)C(=O)N2CCC(C)C2C(=O)NC(C(C)C)C(=O)NC1C(C)(C)C)C(C)c1ccccc1)c1nccs1. The van der Waals surface area contributed by atoms with E-state index in [-0.39, 0.29) is 35.9 Å². The van der Waals surface area contributed by atoms with Crippen LogP contribution in [0.4, 0.5) is 0 Å².